The molecule has 0 aliphatic carbocycles. The van der Waals surface area contributed by atoms with Crippen molar-refractivity contribution in [3.63, 3.8) is 0 Å². The van der Waals surface area contributed by atoms with E-state index in [4.69, 9.17) is 19.4 Å². The maximum atomic E-state index is 6.59. The van der Waals surface area contributed by atoms with Crippen molar-refractivity contribution >= 4 is 54.6 Å². The topological polar surface area (TPSA) is 69.6 Å². The third-order valence-electron chi connectivity index (χ3n) is 7.91. The molecule has 6 heteroatoms. The molecule has 0 bridgehead atoms. The lowest BCUT2D eigenvalue weighted by atomic mass is 10.1. The standard InChI is InChI=1S/C36H21N5O/c1-3-10-22(11-4-1)34-38-35(23-12-5-2-6-13-23)40-36(39-34)41-29-20-19-28-26(15-9-21-37-28)31(29)27-18-17-25-24-14-7-8-16-30(24)42-33(25)32(27)41/h1-21H. The Morgan fingerprint density at radius 3 is 1.95 bits per heavy atom. The summed E-state index contributed by atoms with van der Waals surface area (Å²) in [7, 11) is 0. The van der Waals surface area contributed by atoms with Gasteiger partial charge in [-0.2, -0.15) is 9.97 Å². The number of benzene rings is 5. The maximum absolute atomic E-state index is 6.59. The summed E-state index contributed by atoms with van der Waals surface area (Å²) in [6.07, 6.45) is 1.83. The molecule has 42 heavy (non-hydrogen) atoms. The minimum absolute atomic E-state index is 0.527. The quantitative estimate of drug-likeness (QED) is 0.224. The van der Waals surface area contributed by atoms with Gasteiger partial charge < -0.3 is 4.42 Å². The van der Waals surface area contributed by atoms with Gasteiger partial charge in [-0.05, 0) is 30.3 Å². The number of hydrogen-bond acceptors (Lipinski definition) is 5. The number of pyridine rings is 1. The van der Waals surface area contributed by atoms with E-state index in [1.807, 2.05) is 91.1 Å². The van der Waals surface area contributed by atoms with E-state index in [-0.39, 0.29) is 0 Å². The van der Waals surface area contributed by atoms with Crippen LogP contribution in [0.1, 0.15) is 0 Å². The second kappa shape index (κ2) is 8.81. The lowest BCUT2D eigenvalue weighted by molar-refractivity contribution is 0.670. The molecule has 0 amide bonds. The van der Waals surface area contributed by atoms with E-state index in [1.165, 1.54) is 0 Å². The zero-order chi connectivity index (χ0) is 27.6. The highest BCUT2D eigenvalue weighted by Crippen LogP contribution is 2.42. The number of furan rings is 1. The molecular formula is C36H21N5O. The fraction of sp³-hybridized carbons (Fsp3) is 0. The van der Waals surface area contributed by atoms with Crippen molar-refractivity contribution in [2.45, 2.75) is 0 Å². The molecule has 0 N–H and O–H groups in total. The zero-order valence-corrected chi connectivity index (χ0v) is 22.3. The molecular weight excluding hydrogens is 518 g/mol. The monoisotopic (exact) mass is 539 g/mol. The molecule has 0 aliphatic heterocycles. The minimum Gasteiger partial charge on any atom is -0.454 e. The van der Waals surface area contributed by atoms with Gasteiger partial charge in [0.2, 0.25) is 5.95 Å². The van der Waals surface area contributed by atoms with Crippen LogP contribution in [0.3, 0.4) is 0 Å². The highest BCUT2D eigenvalue weighted by Gasteiger charge is 2.23. The Labute approximate surface area is 239 Å². The fourth-order valence-corrected chi connectivity index (χ4v) is 6.03. The van der Waals surface area contributed by atoms with Gasteiger partial charge in [0.25, 0.3) is 0 Å². The van der Waals surface area contributed by atoms with Gasteiger partial charge >= 0.3 is 0 Å². The molecule has 0 saturated carbocycles. The maximum Gasteiger partial charge on any atom is 0.238 e. The highest BCUT2D eigenvalue weighted by molar-refractivity contribution is 6.26. The van der Waals surface area contributed by atoms with Gasteiger partial charge in [-0.3, -0.25) is 9.55 Å². The highest BCUT2D eigenvalue weighted by atomic mass is 16.3. The van der Waals surface area contributed by atoms with E-state index < -0.39 is 0 Å². The molecule has 0 spiro atoms. The van der Waals surface area contributed by atoms with Gasteiger partial charge in [0, 0.05) is 44.3 Å². The average Bonchev–Trinajstić information content (AvgIpc) is 3.61. The molecule has 0 unspecified atom stereocenters. The van der Waals surface area contributed by atoms with Gasteiger partial charge in [-0.15, -0.1) is 0 Å². The number of rotatable bonds is 3. The van der Waals surface area contributed by atoms with Crippen LogP contribution in [0, 0.1) is 0 Å². The number of para-hydroxylation sites is 1. The fourth-order valence-electron chi connectivity index (χ4n) is 6.03. The van der Waals surface area contributed by atoms with E-state index in [2.05, 4.69) is 45.9 Å². The normalized spacial score (nSPS) is 11.8. The summed E-state index contributed by atoms with van der Waals surface area (Å²) in [5, 5.41) is 5.32. The van der Waals surface area contributed by atoms with Crippen molar-refractivity contribution < 1.29 is 4.42 Å². The molecule has 0 radical (unpaired) electrons. The first-order valence-corrected chi connectivity index (χ1v) is 13.8. The predicted octanol–water partition coefficient (Wildman–Crippen LogP) is 8.75. The van der Waals surface area contributed by atoms with Crippen molar-refractivity contribution in [1.29, 1.82) is 0 Å². The minimum atomic E-state index is 0.527. The van der Waals surface area contributed by atoms with Crippen LogP contribution < -0.4 is 0 Å². The molecule has 6 nitrogen and oxygen atoms in total. The van der Waals surface area contributed by atoms with Crippen LogP contribution in [0.4, 0.5) is 0 Å². The Kier molecular flexibility index (Phi) is 4.80. The van der Waals surface area contributed by atoms with Gasteiger partial charge in [0.15, 0.2) is 17.2 Å². The third-order valence-corrected chi connectivity index (χ3v) is 7.91. The van der Waals surface area contributed by atoms with Crippen LogP contribution in [-0.4, -0.2) is 24.5 Å². The van der Waals surface area contributed by atoms with Gasteiger partial charge in [-0.1, -0.05) is 91.0 Å². The second-order valence-electron chi connectivity index (χ2n) is 10.3. The van der Waals surface area contributed by atoms with Crippen molar-refractivity contribution in [1.82, 2.24) is 24.5 Å². The predicted molar refractivity (Wildman–Crippen MR) is 168 cm³/mol. The van der Waals surface area contributed by atoms with Crippen LogP contribution >= 0.6 is 0 Å². The summed E-state index contributed by atoms with van der Waals surface area (Å²) >= 11 is 0. The Hall–Kier alpha value is -5.88. The molecule has 0 saturated heterocycles. The number of aromatic nitrogens is 5. The summed E-state index contributed by atoms with van der Waals surface area (Å²) < 4.78 is 8.72. The number of fused-ring (bicyclic) bond motifs is 9. The van der Waals surface area contributed by atoms with Crippen LogP contribution in [0.2, 0.25) is 0 Å². The smallest absolute Gasteiger partial charge is 0.238 e. The molecule has 9 rings (SSSR count). The molecule has 196 valence electrons. The van der Waals surface area contributed by atoms with Crippen LogP contribution in [0.15, 0.2) is 132 Å². The van der Waals surface area contributed by atoms with Crippen molar-refractivity contribution in [3.8, 4) is 28.7 Å². The van der Waals surface area contributed by atoms with E-state index in [0.717, 1.165) is 65.8 Å². The first-order chi connectivity index (χ1) is 20.8. The Morgan fingerprint density at radius 2 is 1.19 bits per heavy atom. The Morgan fingerprint density at radius 1 is 0.524 bits per heavy atom. The Balaban J connectivity index is 1.48. The molecule has 4 heterocycles. The van der Waals surface area contributed by atoms with Crippen molar-refractivity contribution in [2.75, 3.05) is 0 Å². The summed E-state index contributed by atoms with van der Waals surface area (Å²) in [6.45, 7) is 0. The Bertz CT molecular complexity index is 2400. The van der Waals surface area contributed by atoms with E-state index >= 15 is 0 Å². The summed E-state index contributed by atoms with van der Waals surface area (Å²) in [5.74, 6) is 1.74. The molecule has 9 aromatic rings. The third kappa shape index (κ3) is 3.32. The lowest BCUT2D eigenvalue weighted by Crippen LogP contribution is -2.06. The molecule has 0 fully saturated rings. The first-order valence-electron chi connectivity index (χ1n) is 13.8. The van der Waals surface area contributed by atoms with Crippen molar-refractivity contribution in [3.05, 3.63) is 128 Å². The van der Waals surface area contributed by atoms with Crippen LogP contribution in [-0.2, 0) is 0 Å². The summed E-state index contributed by atoms with van der Waals surface area (Å²) in [6, 6.07) is 40.8. The van der Waals surface area contributed by atoms with E-state index in [1.54, 1.807) is 0 Å². The molecule has 0 aliphatic rings. The molecule has 0 atom stereocenters. The second-order valence-corrected chi connectivity index (χ2v) is 10.3. The summed E-state index contributed by atoms with van der Waals surface area (Å²) in [4.78, 5) is 19.8. The SMILES string of the molecule is c1ccc(-c2nc(-c3ccccc3)nc(-n3c4ccc5ncccc5c4c4ccc5c6ccccc6oc5c43)n2)cc1. The number of hydrogen-bond donors (Lipinski definition) is 0. The van der Waals surface area contributed by atoms with Crippen molar-refractivity contribution in [2.24, 2.45) is 0 Å². The van der Waals surface area contributed by atoms with Gasteiger partial charge in [-0.25, -0.2) is 4.98 Å². The van der Waals surface area contributed by atoms with E-state index in [0.29, 0.717) is 17.6 Å². The number of nitrogens with zero attached hydrogens (tertiary/aromatic N) is 5. The first kappa shape index (κ1) is 22.9. The van der Waals surface area contributed by atoms with Crippen LogP contribution in [0.25, 0.3) is 83.4 Å². The lowest BCUT2D eigenvalue weighted by Gasteiger charge is -2.11. The zero-order valence-electron chi connectivity index (χ0n) is 22.3. The molecule has 5 aromatic carbocycles. The van der Waals surface area contributed by atoms with Gasteiger partial charge in [0.05, 0.1) is 11.0 Å². The van der Waals surface area contributed by atoms with Crippen LogP contribution in [0.5, 0.6) is 0 Å². The molecule has 4 aromatic heterocycles. The van der Waals surface area contributed by atoms with E-state index in [9.17, 15) is 0 Å². The average molecular weight is 540 g/mol. The largest absolute Gasteiger partial charge is 0.454 e. The van der Waals surface area contributed by atoms with Gasteiger partial charge in [0.1, 0.15) is 11.1 Å². The summed E-state index contributed by atoms with van der Waals surface area (Å²) in [5.41, 5.74) is 6.30.